The lowest BCUT2D eigenvalue weighted by molar-refractivity contribution is 0.171. The molecule has 5 heteroatoms. The summed E-state index contributed by atoms with van der Waals surface area (Å²) in [6.45, 7) is 1.48. The van der Waals surface area contributed by atoms with Gasteiger partial charge in [-0.25, -0.2) is 4.79 Å². The summed E-state index contributed by atoms with van der Waals surface area (Å²) in [4.78, 5) is 14.6. The number of nitrogens with one attached hydrogen (secondary N) is 1. The maximum Gasteiger partial charge on any atom is 0.317 e. The van der Waals surface area contributed by atoms with Gasteiger partial charge in [-0.15, -0.1) is 0 Å². The number of hydrogen-bond donors (Lipinski definition) is 2. The van der Waals surface area contributed by atoms with E-state index in [2.05, 4.69) is 53.8 Å². The van der Waals surface area contributed by atoms with Gasteiger partial charge >= 0.3 is 6.03 Å². The van der Waals surface area contributed by atoms with Gasteiger partial charge in [0.1, 0.15) is 0 Å². The molecule has 2 bridgehead atoms. The number of rotatable bonds is 6. The van der Waals surface area contributed by atoms with Crippen molar-refractivity contribution in [3.63, 3.8) is 0 Å². The maximum atomic E-state index is 12.9. The van der Waals surface area contributed by atoms with Crippen molar-refractivity contribution in [2.24, 2.45) is 5.92 Å². The minimum atomic E-state index is -0.0988. The monoisotopic (exact) mass is 418 g/mol. The van der Waals surface area contributed by atoms with Crippen molar-refractivity contribution in [3.8, 4) is 0 Å². The number of thiophene rings is 1. The van der Waals surface area contributed by atoms with E-state index in [1.54, 1.807) is 16.2 Å². The lowest BCUT2D eigenvalue weighted by Gasteiger charge is -2.45. The predicted molar refractivity (Wildman–Crippen MR) is 120 cm³/mol. The average Bonchev–Trinajstić information content (AvgIpc) is 3.30. The van der Waals surface area contributed by atoms with E-state index in [1.807, 2.05) is 16.8 Å². The highest BCUT2D eigenvalue weighted by molar-refractivity contribution is 7.07. The van der Waals surface area contributed by atoms with Crippen molar-refractivity contribution in [2.75, 3.05) is 19.7 Å². The molecule has 1 atom stereocenters. The number of benzene rings is 2. The molecule has 3 aliphatic rings. The maximum absolute atomic E-state index is 12.9. The minimum absolute atomic E-state index is 0.0353. The summed E-state index contributed by atoms with van der Waals surface area (Å²) in [5.41, 5.74) is 6.82. The van der Waals surface area contributed by atoms with Crippen LogP contribution in [0.2, 0.25) is 0 Å². The van der Waals surface area contributed by atoms with Gasteiger partial charge in [0.25, 0.3) is 0 Å². The average molecular weight is 419 g/mol. The van der Waals surface area contributed by atoms with E-state index >= 15 is 0 Å². The summed E-state index contributed by atoms with van der Waals surface area (Å²) in [6.07, 6.45) is 1.06. The van der Waals surface area contributed by atoms with Crippen molar-refractivity contribution in [1.29, 1.82) is 0 Å². The highest BCUT2D eigenvalue weighted by atomic mass is 32.1. The van der Waals surface area contributed by atoms with Crippen molar-refractivity contribution in [1.82, 2.24) is 10.2 Å². The number of aliphatic hydroxyl groups excluding tert-OH is 1. The molecule has 3 aliphatic carbocycles. The van der Waals surface area contributed by atoms with Crippen LogP contribution in [0.4, 0.5) is 4.79 Å². The SMILES string of the molecule is O=C(NCC1CC2c3ccccc3C1c1ccccc12)N(CCO)Cc1ccsc1. The lowest BCUT2D eigenvalue weighted by atomic mass is 9.59. The second-order valence-electron chi connectivity index (χ2n) is 8.25. The Kier molecular flexibility index (Phi) is 5.32. The normalized spacial score (nSPS) is 21.0. The molecular formula is C25H26N2O2S. The van der Waals surface area contributed by atoms with Crippen LogP contribution in [0, 0.1) is 5.92 Å². The Balaban J connectivity index is 1.34. The Bertz CT molecular complexity index is 986. The molecule has 2 amide bonds. The molecule has 0 fully saturated rings. The smallest absolute Gasteiger partial charge is 0.317 e. The van der Waals surface area contributed by atoms with E-state index in [9.17, 15) is 9.90 Å². The summed E-state index contributed by atoms with van der Waals surface area (Å²) in [5.74, 6) is 1.11. The first kappa shape index (κ1) is 19.3. The highest BCUT2D eigenvalue weighted by Gasteiger charge is 2.42. The van der Waals surface area contributed by atoms with Crippen LogP contribution >= 0.6 is 11.3 Å². The van der Waals surface area contributed by atoms with Crippen LogP contribution in [-0.4, -0.2) is 35.7 Å². The van der Waals surface area contributed by atoms with Crippen molar-refractivity contribution >= 4 is 17.4 Å². The Morgan fingerprint density at radius 2 is 1.70 bits per heavy atom. The van der Waals surface area contributed by atoms with Crippen molar-refractivity contribution < 1.29 is 9.90 Å². The molecule has 0 saturated heterocycles. The molecule has 6 rings (SSSR count). The molecule has 0 saturated carbocycles. The van der Waals surface area contributed by atoms with E-state index < -0.39 is 0 Å². The van der Waals surface area contributed by atoms with Crippen LogP contribution in [0.15, 0.2) is 65.4 Å². The first-order valence-corrected chi connectivity index (χ1v) is 11.5. The fourth-order valence-corrected chi connectivity index (χ4v) is 5.93. The number of carbonyl (C=O) groups excluding carboxylic acids is 1. The van der Waals surface area contributed by atoms with Gasteiger partial charge in [0, 0.05) is 31.5 Å². The topological polar surface area (TPSA) is 52.6 Å². The summed E-state index contributed by atoms with van der Waals surface area (Å²) >= 11 is 1.62. The van der Waals surface area contributed by atoms with Crippen molar-refractivity contribution in [3.05, 3.63) is 93.2 Å². The molecule has 3 aromatic rings. The first-order chi connectivity index (χ1) is 14.8. The van der Waals surface area contributed by atoms with Gasteiger partial charge in [-0.2, -0.15) is 11.3 Å². The molecule has 1 aromatic heterocycles. The highest BCUT2D eigenvalue weighted by Crippen LogP contribution is 2.55. The van der Waals surface area contributed by atoms with Crippen LogP contribution < -0.4 is 5.32 Å². The Labute approximate surface area is 181 Å². The third-order valence-electron chi connectivity index (χ3n) is 6.55. The third-order valence-corrected chi connectivity index (χ3v) is 7.28. The van der Waals surface area contributed by atoms with Gasteiger partial charge in [-0.05, 0) is 57.0 Å². The lowest BCUT2D eigenvalue weighted by Crippen LogP contribution is -2.45. The zero-order valence-electron chi connectivity index (χ0n) is 16.8. The van der Waals surface area contributed by atoms with E-state index in [0.29, 0.717) is 37.4 Å². The molecule has 30 heavy (non-hydrogen) atoms. The number of hydrogen-bond acceptors (Lipinski definition) is 3. The van der Waals surface area contributed by atoms with Gasteiger partial charge in [0.2, 0.25) is 0 Å². The number of carbonyl (C=O) groups is 1. The Morgan fingerprint density at radius 3 is 2.30 bits per heavy atom. The van der Waals surface area contributed by atoms with Gasteiger partial charge in [0.05, 0.1) is 6.61 Å². The van der Waals surface area contributed by atoms with Crippen LogP contribution in [0.1, 0.15) is 46.1 Å². The molecule has 154 valence electrons. The Hall–Kier alpha value is -2.63. The van der Waals surface area contributed by atoms with Crippen LogP contribution in [0.5, 0.6) is 0 Å². The molecule has 2 aromatic carbocycles. The summed E-state index contributed by atoms with van der Waals surface area (Å²) in [6, 6.07) is 19.5. The van der Waals surface area contributed by atoms with Gasteiger partial charge < -0.3 is 15.3 Å². The first-order valence-electron chi connectivity index (χ1n) is 10.6. The van der Waals surface area contributed by atoms with Crippen LogP contribution in [0.3, 0.4) is 0 Å². The summed E-state index contributed by atoms with van der Waals surface area (Å²) in [5, 5.41) is 16.7. The molecule has 1 unspecified atom stereocenters. The van der Waals surface area contributed by atoms with Gasteiger partial charge in [0.15, 0.2) is 0 Å². The number of nitrogens with zero attached hydrogens (tertiary/aromatic N) is 1. The number of aliphatic hydroxyl groups is 1. The molecule has 0 aliphatic heterocycles. The molecule has 0 radical (unpaired) electrons. The molecule has 2 N–H and O–H groups in total. The van der Waals surface area contributed by atoms with E-state index in [-0.39, 0.29) is 12.6 Å². The summed E-state index contributed by atoms with van der Waals surface area (Å²) in [7, 11) is 0. The fraction of sp³-hybridized carbons (Fsp3) is 0.320. The minimum Gasteiger partial charge on any atom is -0.395 e. The van der Waals surface area contributed by atoms with E-state index in [1.165, 1.54) is 22.3 Å². The second-order valence-corrected chi connectivity index (χ2v) is 9.03. The second kappa shape index (κ2) is 8.25. The van der Waals surface area contributed by atoms with Gasteiger partial charge in [-0.1, -0.05) is 48.5 Å². The van der Waals surface area contributed by atoms with E-state index in [4.69, 9.17) is 0 Å². The number of fused-ring (bicyclic) bond motifs is 1. The third kappa shape index (κ3) is 3.42. The van der Waals surface area contributed by atoms with Crippen LogP contribution in [0.25, 0.3) is 0 Å². The standard InChI is InChI=1S/C25H26N2O2S/c28-11-10-27(15-17-9-12-30-16-17)25(29)26-14-18-13-23-19-5-1-3-7-21(19)24(18)22-8-4-2-6-20(22)23/h1-9,12,16,18,23-24,28H,10-11,13-15H2,(H,26,29). The van der Waals surface area contributed by atoms with Gasteiger partial charge in [-0.3, -0.25) is 0 Å². The number of amides is 2. The van der Waals surface area contributed by atoms with E-state index in [0.717, 1.165) is 12.0 Å². The summed E-state index contributed by atoms with van der Waals surface area (Å²) < 4.78 is 0. The van der Waals surface area contributed by atoms with Crippen molar-refractivity contribution in [2.45, 2.75) is 24.8 Å². The Morgan fingerprint density at radius 1 is 1.03 bits per heavy atom. The molecule has 4 nitrogen and oxygen atoms in total. The zero-order valence-corrected chi connectivity index (χ0v) is 17.6. The quantitative estimate of drug-likeness (QED) is 0.617. The zero-order chi connectivity index (χ0) is 20.5. The molecule has 0 spiro atoms. The molecular weight excluding hydrogens is 392 g/mol. The fourth-order valence-electron chi connectivity index (χ4n) is 5.27. The predicted octanol–water partition coefficient (Wildman–Crippen LogP) is 4.55. The largest absolute Gasteiger partial charge is 0.395 e. The number of urea groups is 1. The van der Waals surface area contributed by atoms with Crippen LogP contribution in [-0.2, 0) is 6.54 Å². The molecule has 1 heterocycles.